The lowest BCUT2D eigenvalue weighted by atomic mass is 10.3. The molecule has 2 rings (SSSR count). The van der Waals surface area contributed by atoms with Crippen molar-refractivity contribution in [3.05, 3.63) is 16.6 Å². The highest BCUT2D eigenvalue weighted by Crippen LogP contribution is 2.38. The van der Waals surface area contributed by atoms with Crippen LogP contribution in [-0.2, 0) is 16.0 Å². The average Bonchev–Trinajstić information content (AvgIpc) is 2.90. The number of aliphatic carboxylic acids is 1. The van der Waals surface area contributed by atoms with Gasteiger partial charge in [0.15, 0.2) is 0 Å². The molecule has 1 aliphatic carbocycles. The first-order chi connectivity index (χ1) is 7.68. The van der Waals surface area contributed by atoms with E-state index in [2.05, 4.69) is 10.3 Å². The molecule has 86 valence electrons. The molecular formula is C10H12N2O3S. The molecule has 1 aromatic heterocycles. The van der Waals surface area contributed by atoms with Crippen LogP contribution in [0.5, 0.6) is 0 Å². The van der Waals surface area contributed by atoms with Crippen molar-refractivity contribution >= 4 is 23.2 Å². The fourth-order valence-corrected chi connectivity index (χ4v) is 2.18. The highest BCUT2D eigenvalue weighted by atomic mass is 32.1. The number of amides is 1. The van der Waals surface area contributed by atoms with Gasteiger partial charge in [-0.2, -0.15) is 0 Å². The van der Waals surface area contributed by atoms with Crippen molar-refractivity contribution < 1.29 is 14.7 Å². The number of hydrogen-bond donors (Lipinski definition) is 2. The SMILES string of the molecule is O=C(O)C1CC1C(=O)NCCc1nccs1. The summed E-state index contributed by atoms with van der Waals surface area (Å²) in [6.07, 6.45) is 2.90. The lowest BCUT2D eigenvalue weighted by Gasteiger charge is -2.02. The van der Waals surface area contributed by atoms with Gasteiger partial charge >= 0.3 is 5.97 Å². The first-order valence-electron chi connectivity index (χ1n) is 5.07. The number of carbonyl (C=O) groups excluding carboxylic acids is 1. The van der Waals surface area contributed by atoms with Gasteiger partial charge in [0, 0.05) is 24.5 Å². The Labute approximate surface area is 96.5 Å². The second-order valence-corrected chi connectivity index (χ2v) is 4.73. The lowest BCUT2D eigenvalue weighted by Crippen LogP contribution is -2.28. The summed E-state index contributed by atoms with van der Waals surface area (Å²) in [7, 11) is 0. The number of carboxylic acids is 1. The van der Waals surface area contributed by atoms with Crippen molar-refractivity contribution in [1.82, 2.24) is 10.3 Å². The molecule has 1 saturated carbocycles. The first-order valence-corrected chi connectivity index (χ1v) is 5.95. The average molecular weight is 240 g/mol. The van der Waals surface area contributed by atoms with Gasteiger partial charge in [0.05, 0.1) is 16.8 Å². The van der Waals surface area contributed by atoms with Crippen LogP contribution in [0.1, 0.15) is 11.4 Å². The Morgan fingerprint density at radius 2 is 2.38 bits per heavy atom. The van der Waals surface area contributed by atoms with Crippen LogP contribution >= 0.6 is 11.3 Å². The minimum atomic E-state index is -0.875. The minimum absolute atomic E-state index is 0.149. The molecule has 1 aromatic rings. The second-order valence-electron chi connectivity index (χ2n) is 3.75. The van der Waals surface area contributed by atoms with Gasteiger partial charge in [0.2, 0.25) is 5.91 Å². The van der Waals surface area contributed by atoms with E-state index in [-0.39, 0.29) is 11.8 Å². The van der Waals surface area contributed by atoms with Crippen LogP contribution < -0.4 is 5.32 Å². The topological polar surface area (TPSA) is 79.3 Å². The summed E-state index contributed by atoms with van der Waals surface area (Å²) in [5.41, 5.74) is 0. The van der Waals surface area contributed by atoms with Crippen molar-refractivity contribution in [2.45, 2.75) is 12.8 Å². The van der Waals surface area contributed by atoms with Crippen LogP contribution in [0.4, 0.5) is 0 Å². The zero-order chi connectivity index (χ0) is 11.5. The molecule has 0 aliphatic heterocycles. The summed E-state index contributed by atoms with van der Waals surface area (Å²) in [6.45, 7) is 0.523. The van der Waals surface area contributed by atoms with Crippen molar-refractivity contribution in [2.75, 3.05) is 6.54 Å². The number of aromatic nitrogens is 1. The number of carboxylic acid groups (broad SMARTS) is 1. The summed E-state index contributed by atoms with van der Waals surface area (Å²) in [5.74, 6) is -1.82. The third-order valence-corrected chi connectivity index (χ3v) is 3.41. The number of nitrogens with zero attached hydrogens (tertiary/aromatic N) is 1. The Hall–Kier alpha value is -1.43. The summed E-state index contributed by atoms with van der Waals surface area (Å²) < 4.78 is 0. The molecule has 2 atom stereocenters. The minimum Gasteiger partial charge on any atom is -0.481 e. The fraction of sp³-hybridized carbons (Fsp3) is 0.500. The first kappa shape index (κ1) is 11.1. The van der Waals surface area contributed by atoms with E-state index in [0.29, 0.717) is 19.4 Å². The van der Waals surface area contributed by atoms with E-state index >= 15 is 0 Å². The van der Waals surface area contributed by atoms with Crippen LogP contribution in [-0.4, -0.2) is 28.5 Å². The predicted octanol–water partition coefficient (Wildman–Crippen LogP) is 0.522. The van der Waals surface area contributed by atoms with Crippen molar-refractivity contribution in [2.24, 2.45) is 11.8 Å². The normalized spacial score (nSPS) is 22.8. The van der Waals surface area contributed by atoms with E-state index in [9.17, 15) is 9.59 Å². The van der Waals surface area contributed by atoms with Crippen LogP contribution in [0.3, 0.4) is 0 Å². The number of rotatable bonds is 5. The zero-order valence-corrected chi connectivity index (χ0v) is 9.37. The summed E-state index contributed by atoms with van der Waals surface area (Å²) >= 11 is 1.55. The third kappa shape index (κ3) is 2.57. The van der Waals surface area contributed by atoms with Crippen LogP contribution in [0.25, 0.3) is 0 Å². The molecule has 1 heterocycles. The quantitative estimate of drug-likeness (QED) is 0.786. The molecule has 2 unspecified atom stereocenters. The molecule has 0 spiro atoms. The van der Waals surface area contributed by atoms with Crippen LogP contribution in [0.2, 0.25) is 0 Å². The predicted molar refractivity (Wildman–Crippen MR) is 58.1 cm³/mol. The highest BCUT2D eigenvalue weighted by molar-refractivity contribution is 7.09. The summed E-state index contributed by atoms with van der Waals surface area (Å²) in [6, 6.07) is 0. The Morgan fingerprint density at radius 1 is 1.56 bits per heavy atom. The van der Waals surface area contributed by atoms with Gasteiger partial charge in [0.1, 0.15) is 0 Å². The molecular weight excluding hydrogens is 228 g/mol. The molecule has 5 nitrogen and oxygen atoms in total. The number of hydrogen-bond acceptors (Lipinski definition) is 4. The summed E-state index contributed by atoms with van der Waals surface area (Å²) in [5, 5.41) is 14.3. The van der Waals surface area contributed by atoms with Gasteiger partial charge in [-0.15, -0.1) is 11.3 Å². The van der Waals surface area contributed by atoms with Gasteiger partial charge in [-0.3, -0.25) is 9.59 Å². The molecule has 0 radical (unpaired) electrons. The van der Waals surface area contributed by atoms with E-state index in [1.54, 1.807) is 17.5 Å². The molecule has 0 saturated heterocycles. The monoisotopic (exact) mass is 240 g/mol. The summed E-state index contributed by atoms with van der Waals surface area (Å²) in [4.78, 5) is 26.1. The largest absolute Gasteiger partial charge is 0.481 e. The molecule has 0 bridgehead atoms. The van der Waals surface area contributed by atoms with Crippen LogP contribution in [0, 0.1) is 11.8 Å². The highest BCUT2D eigenvalue weighted by Gasteiger charge is 2.48. The number of nitrogens with one attached hydrogen (secondary N) is 1. The molecule has 16 heavy (non-hydrogen) atoms. The molecule has 1 fully saturated rings. The van der Waals surface area contributed by atoms with Crippen molar-refractivity contribution in [1.29, 1.82) is 0 Å². The Kier molecular flexibility index (Phi) is 3.19. The smallest absolute Gasteiger partial charge is 0.307 e. The van der Waals surface area contributed by atoms with Gasteiger partial charge in [-0.05, 0) is 6.42 Å². The van der Waals surface area contributed by atoms with Gasteiger partial charge in [0.25, 0.3) is 0 Å². The lowest BCUT2D eigenvalue weighted by molar-refractivity contribution is -0.140. The van der Waals surface area contributed by atoms with Gasteiger partial charge in [-0.1, -0.05) is 0 Å². The van der Waals surface area contributed by atoms with Gasteiger partial charge in [-0.25, -0.2) is 4.98 Å². The Bertz CT molecular complexity index is 391. The van der Waals surface area contributed by atoms with Crippen molar-refractivity contribution in [3.63, 3.8) is 0 Å². The molecule has 1 amide bonds. The molecule has 0 aromatic carbocycles. The number of carbonyl (C=O) groups is 2. The molecule has 2 N–H and O–H groups in total. The Balaban J connectivity index is 1.68. The standard InChI is InChI=1S/C10H12N2O3S/c13-9(6-5-7(6)10(14)15)12-2-1-8-11-3-4-16-8/h3-4,6-7H,1-2,5H2,(H,12,13)(H,14,15). The molecule has 6 heteroatoms. The maximum Gasteiger partial charge on any atom is 0.307 e. The van der Waals surface area contributed by atoms with Crippen molar-refractivity contribution in [3.8, 4) is 0 Å². The van der Waals surface area contributed by atoms with E-state index < -0.39 is 11.9 Å². The third-order valence-electron chi connectivity index (χ3n) is 2.57. The Morgan fingerprint density at radius 3 is 2.94 bits per heavy atom. The fourth-order valence-electron chi connectivity index (χ4n) is 1.56. The maximum atomic E-state index is 11.5. The van der Waals surface area contributed by atoms with Crippen LogP contribution in [0.15, 0.2) is 11.6 Å². The maximum absolute atomic E-state index is 11.5. The van der Waals surface area contributed by atoms with E-state index in [1.807, 2.05) is 5.38 Å². The van der Waals surface area contributed by atoms with E-state index in [1.165, 1.54) is 0 Å². The number of thiazole rings is 1. The van der Waals surface area contributed by atoms with E-state index in [4.69, 9.17) is 5.11 Å². The van der Waals surface area contributed by atoms with Gasteiger partial charge < -0.3 is 10.4 Å². The second kappa shape index (κ2) is 4.61. The zero-order valence-electron chi connectivity index (χ0n) is 8.55. The molecule has 1 aliphatic rings. The van der Waals surface area contributed by atoms with E-state index in [0.717, 1.165) is 5.01 Å².